The van der Waals surface area contributed by atoms with Crippen LogP contribution in [0, 0.1) is 5.92 Å². The molecule has 3 amide bonds. The molecule has 1 unspecified atom stereocenters. The fourth-order valence-corrected chi connectivity index (χ4v) is 7.89. The van der Waals surface area contributed by atoms with Crippen LogP contribution in [0.3, 0.4) is 0 Å². The van der Waals surface area contributed by atoms with Crippen LogP contribution in [-0.4, -0.2) is 90.0 Å². The molecule has 1 saturated heterocycles. The molecule has 3 aromatic rings. The summed E-state index contributed by atoms with van der Waals surface area (Å²) in [5, 5.41) is 34.6. The number of carbonyl (C=O) groups excluding carboxylic acids is 3. The molecule has 3 aliphatic heterocycles. The third-order valence-corrected chi connectivity index (χ3v) is 10.8. The fraction of sp³-hybridized carbons (Fsp3) is 0.452. The van der Waals surface area contributed by atoms with Crippen LogP contribution in [0.15, 0.2) is 72.8 Å². The largest absolute Gasteiger partial charge is 0.497 e. The van der Waals surface area contributed by atoms with Gasteiger partial charge in [-0.25, -0.2) is 0 Å². The van der Waals surface area contributed by atoms with E-state index in [-0.39, 0.29) is 44.0 Å². The highest BCUT2D eigenvalue weighted by Crippen LogP contribution is 2.47. The Morgan fingerprint density at radius 2 is 1.85 bits per heavy atom. The molecule has 3 aromatic carbocycles. The quantitative estimate of drug-likeness (QED) is 0.124. The first-order valence-electron chi connectivity index (χ1n) is 19.0. The van der Waals surface area contributed by atoms with Gasteiger partial charge in [-0.2, -0.15) is 0 Å². The normalized spacial score (nSPS) is 21.5. The van der Waals surface area contributed by atoms with E-state index >= 15 is 0 Å². The number of benzene rings is 3. The predicted molar refractivity (Wildman–Crippen MR) is 206 cm³/mol. The van der Waals surface area contributed by atoms with Crippen LogP contribution >= 0.6 is 0 Å². The highest BCUT2D eigenvalue weighted by molar-refractivity contribution is 6.08. The molecule has 0 radical (unpaired) electrons. The number of unbranched alkanes of at least 4 members (excludes halogenated alkanes) is 1. The van der Waals surface area contributed by atoms with Crippen LogP contribution in [0.25, 0.3) is 0 Å². The number of ether oxygens (including phenoxy) is 2. The van der Waals surface area contributed by atoms with Crippen molar-refractivity contribution < 1.29 is 39.2 Å². The predicted octanol–water partition coefficient (Wildman–Crippen LogP) is 4.35. The molecular formula is C42H52N4O8. The molecular weight excluding hydrogens is 688 g/mol. The van der Waals surface area contributed by atoms with E-state index in [1.165, 1.54) is 7.11 Å². The lowest BCUT2D eigenvalue weighted by Crippen LogP contribution is -2.49. The second-order valence-corrected chi connectivity index (χ2v) is 14.2. The third-order valence-electron chi connectivity index (χ3n) is 10.8. The second kappa shape index (κ2) is 17.2. The van der Waals surface area contributed by atoms with Gasteiger partial charge in [-0.05, 0) is 105 Å². The number of hydrogen-bond donors (Lipinski definition) is 4. The van der Waals surface area contributed by atoms with Crippen LogP contribution in [0.4, 0.5) is 17.1 Å². The van der Waals surface area contributed by atoms with Gasteiger partial charge in [0.1, 0.15) is 11.5 Å². The smallest absolute Gasteiger partial charge is 0.264 e. The Morgan fingerprint density at radius 3 is 2.61 bits per heavy atom. The first-order chi connectivity index (χ1) is 26.1. The Kier molecular flexibility index (Phi) is 12.4. The molecule has 3 heterocycles. The van der Waals surface area contributed by atoms with E-state index in [1.807, 2.05) is 49.4 Å². The van der Waals surface area contributed by atoms with Gasteiger partial charge in [0.25, 0.3) is 5.91 Å². The minimum Gasteiger partial charge on any atom is -0.497 e. The molecule has 4 atom stereocenters. The van der Waals surface area contributed by atoms with Crippen LogP contribution < -0.4 is 24.6 Å². The van der Waals surface area contributed by atoms with Crippen molar-refractivity contribution in [3.8, 4) is 11.5 Å². The zero-order valence-electron chi connectivity index (χ0n) is 31.4. The molecule has 0 spiro atoms. The van der Waals surface area contributed by atoms with Gasteiger partial charge in [-0.3, -0.25) is 19.3 Å². The van der Waals surface area contributed by atoms with Gasteiger partial charge in [0.15, 0.2) is 5.60 Å². The number of hydrogen-bond acceptors (Lipinski definition) is 9. The number of nitrogens with one attached hydrogen (secondary N) is 1. The summed E-state index contributed by atoms with van der Waals surface area (Å²) >= 11 is 0. The standard InChI is InChI=1S/C42H52N4O8/c1-4-54-34-16-17-37-30(23-34)24-36(43-19-5-6-21-47)40(50)46(37)31-12-8-11-29(22-31)26-45-38-18-15-33(53-3)25-35(38)42(52,41(45)51)28(2)10-7-14-39(49)44-20-9-13-32(44)27-48/h7-8,10-12,15-18,22-23,25,28,32,36,43,47-48,52H,4-6,9,13-14,19-21,24,26-27H2,1-3H3/b10-7+/t28-,32-,36?,42+/m0/s1. The maximum atomic E-state index is 14.4. The van der Waals surface area contributed by atoms with Crippen molar-refractivity contribution in [3.05, 3.63) is 89.5 Å². The summed E-state index contributed by atoms with van der Waals surface area (Å²) in [5.41, 5.74) is 2.14. The zero-order chi connectivity index (χ0) is 38.4. The molecule has 54 heavy (non-hydrogen) atoms. The number of amides is 3. The number of aliphatic hydroxyl groups excluding tert-OH is 2. The summed E-state index contributed by atoms with van der Waals surface area (Å²) in [4.78, 5) is 46.4. The molecule has 0 saturated carbocycles. The molecule has 12 heteroatoms. The number of aliphatic hydroxyl groups is 3. The number of fused-ring (bicyclic) bond motifs is 2. The molecule has 0 aromatic heterocycles. The van der Waals surface area contributed by atoms with Crippen molar-refractivity contribution in [2.24, 2.45) is 5.92 Å². The third kappa shape index (κ3) is 7.74. The Bertz CT molecular complexity index is 1870. The molecule has 6 rings (SSSR count). The minimum atomic E-state index is -1.93. The number of rotatable bonds is 16. The van der Waals surface area contributed by atoms with Crippen molar-refractivity contribution in [1.82, 2.24) is 10.2 Å². The molecule has 1 fully saturated rings. The summed E-state index contributed by atoms with van der Waals surface area (Å²) in [6.07, 6.45) is 6.99. The number of anilines is 3. The monoisotopic (exact) mass is 740 g/mol. The van der Waals surface area contributed by atoms with Gasteiger partial charge < -0.3 is 39.9 Å². The van der Waals surface area contributed by atoms with E-state index in [1.54, 1.807) is 52.0 Å². The first-order valence-corrected chi connectivity index (χ1v) is 19.0. The Hall–Kier alpha value is -4.75. The van der Waals surface area contributed by atoms with Gasteiger partial charge in [-0.1, -0.05) is 31.2 Å². The average Bonchev–Trinajstić information content (AvgIpc) is 3.75. The van der Waals surface area contributed by atoms with Crippen LogP contribution in [0.5, 0.6) is 11.5 Å². The lowest BCUT2D eigenvalue weighted by molar-refractivity contribution is -0.139. The van der Waals surface area contributed by atoms with E-state index in [0.717, 1.165) is 41.8 Å². The summed E-state index contributed by atoms with van der Waals surface area (Å²) in [6.45, 7) is 5.54. The topological polar surface area (TPSA) is 152 Å². The first kappa shape index (κ1) is 39.0. The number of methoxy groups -OCH3 is 1. The van der Waals surface area contributed by atoms with Gasteiger partial charge in [-0.15, -0.1) is 0 Å². The van der Waals surface area contributed by atoms with E-state index in [4.69, 9.17) is 9.47 Å². The second-order valence-electron chi connectivity index (χ2n) is 14.2. The number of nitrogens with zero attached hydrogens (tertiary/aromatic N) is 3. The molecule has 12 nitrogen and oxygen atoms in total. The minimum absolute atomic E-state index is 0.0712. The Balaban J connectivity index is 1.27. The molecule has 4 N–H and O–H groups in total. The van der Waals surface area contributed by atoms with E-state index in [2.05, 4.69) is 5.32 Å². The maximum absolute atomic E-state index is 14.4. The maximum Gasteiger partial charge on any atom is 0.264 e. The molecule has 0 bridgehead atoms. The van der Waals surface area contributed by atoms with Crippen molar-refractivity contribution in [2.75, 3.05) is 49.8 Å². The van der Waals surface area contributed by atoms with E-state index < -0.39 is 23.5 Å². The SMILES string of the molecule is CCOc1ccc2c(c1)CC(NCCCCO)C(=O)N2c1cccc(CN2C(=O)[C@@](O)([C@@H](C)/C=C/CC(=O)N3CCC[C@H]3CO)c3cc(OC)ccc32)c1. The zero-order valence-corrected chi connectivity index (χ0v) is 31.4. The summed E-state index contributed by atoms with van der Waals surface area (Å²) in [5.74, 6) is -0.184. The van der Waals surface area contributed by atoms with Crippen LogP contribution in [0.1, 0.15) is 62.6 Å². The Morgan fingerprint density at radius 1 is 1.06 bits per heavy atom. The lowest BCUT2D eigenvalue weighted by Gasteiger charge is -2.35. The number of likely N-dealkylation sites (tertiary alicyclic amines) is 1. The average molecular weight is 741 g/mol. The highest BCUT2D eigenvalue weighted by Gasteiger charge is 2.52. The highest BCUT2D eigenvalue weighted by atomic mass is 16.5. The summed E-state index contributed by atoms with van der Waals surface area (Å²) in [6, 6.07) is 17.8. The van der Waals surface area contributed by atoms with E-state index in [9.17, 15) is 29.7 Å². The van der Waals surface area contributed by atoms with Gasteiger partial charge >= 0.3 is 0 Å². The van der Waals surface area contributed by atoms with Crippen molar-refractivity contribution >= 4 is 34.8 Å². The van der Waals surface area contributed by atoms with Gasteiger partial charge in [0, 0.05) is 36.7 Å². The summed E-state index contributed by atoms with van der Waals surface area (Å²) in [7, 11) is 1.53. The summed E-state index contributed by atoms with van der Waals surface area (Å²) < 4.78 is 11.3. The van der Waals surface area contributed by atoms with Crippen molar-refractivity contribution in [1.29, 1.82) is 0 Å². The van der Waals surface area contributed by atoms with E-state index in [0.29, 0.717) is 55.2 Å². The lowest BCUT2D eigenvalue weighted by atomic mass is 9.83. The van der Waals surface area contributed by atoms with Gasteiger partial charge in [0.2, 0.25) is 11.8 Å². The molecule has 3 aliphatic rings. The number of carbonyl (C=O) groups is 3. The van der Waals surface area contributed by atoms with Gasteiger partial charge in [0.05, 0.1) is 50.3 Å². The Labute approximate surface area is 317 Å². The fourth-order valence-electron chi connectivity index (χ4n) is 7.89. The van der Waals surface area contributed by atoms with Crippen molar-refractivity contribution in [2.45, 2.75) is 76.6 Å². The molecule has 288 valence electrons. The van der Waals surface area contributed by atoms with Crippen molar-refractivity contribution in [3.63, 3.8) is 0 Å². The van der Waals surface area contributed by atoms with Crippen LogP contribution in [0.2, 0.25) is 0 Å². The van der Waals surface area contributed by atoms with Crippen LogP contribution in [-0.2, 0) is 33.0 Å². The molecule has 0 aliphatic carbocycles.